The molecule has 0 spiro atoms. The molecule has 0 radical (unpaired) electrons. The molecule has 0 aliphatic carbocycles. The van der Waals surface area contributed by atoms with Crippen molar-refractivity contribution in [1.82, 2.24) is 9.97 Å². The van der Waals surface area contributed by atoms with Gasteiger partial charge in [0.1, 0.15) is 12.1 Å². The van der Waals surface area contributed by atoms with Crippen LogP contribution in [0.5, 0.6) is 0 Å². The number of carbonyl (C=O) groups is 1. The van der Waals surface area contributed by atoms with Gasteiger partial charge in [-0.25, -0.2) is 9.97 Å². The first-order valence-corrected chi connectivity index (χ1v) is 6.09. The Kier molecular flexibility index (Phi) is 3.23. The van der Waals surface area contributed by atoms with Crippen molar-refractivity contribution >= 4 is 33.3 Å². The number of aromatic nitrogens is 2. The fraction of sp³-hybridized carbons (Fsp3) is 0.364. The highest BCUT2D eigenvalue weighted by molar-refractivity contribution is 7.17. The number of fused-ring (bicyclic) bond motifs is 1. The Balaban J connectivity index is 2.27. The van der Waals surface area contributed by atoms with E-state index in [1.807, 2.05) is 23.4 Å². The van der Waals surface area contributed by atoms with Crippen molar-refractivity contribution in [2.24, 2.45) is 5.92 Å². The summed E-state index contributed by atoms with van der Waals surface area (Å²) < 4.78 is 0.993. The van der Waals surface area contributed by atoms with Crippen molar-refractivity contribution in [2.75, 3.05) is 18.5 Å². The summed E-state index contributed by atoms with van der Waals surface area (Å²) in [5.74, 6) is -0.434. The van der Waals surface area contributed by atoms with Crippen molar-refractivity contribution in [1.29, 1.82) is 0 Å². The molecule has 2 aromatic heterocycles. The zero-order chi connectivity index (χ0) is 12.4. The van der Waals surface area contributed by atoms with Crippen LogP contribution in [0.4, 0.5) is 5.82 Å². The Labute approximate surface area is 103 Å². The standard InChI is InChI=1S/C11H13N3O2S/c1-7(11(15)16)5-14(2)10-9-8(3-4-17-9)12-6-13-10/h3-4,6-7H,5H2,1-2H3,(H,15,16). The molecule has 2 aromatic rings. The van der Waals surface area contributed by atoms with Gasteiger partial charge < -0.3 is 10.0 Å². The molecule has 2 heterocycles. The molecule has 2 rings (SSSR count). The van der Waals surface area contributed by atoms with E-state index < -0.39 is 11.9 Å². The lowest BCUT2D eigenvalue weighted by atomic mass is 10.2. The molecule has 1 unspecified atom stereocenters. The van der Waals surface area contributed by atoms with Gasteiger partial charge in [-0.1, -0.05) is 6.92 Å². The van der Waals surface area contributed by atoms with Crippen LogP contribution in [0.1, 0.15) is 6.92 Å². The topological polar surface area (TPSA) is 66.3 Å². The summed E-state index contributed by atoms with van der Waals surface area (Å²) in [4.78, 5) is 21.1. The highest BCUT2D eigenvalue weighted by Crippen LogP contribution is 2.27. The van der Waals surface area contributed by atoms with Crippen molar-refractivity contribution in [3.63, 3.8) is 0 Å². The number of hydrogen-bond donors (Lipinski definition) is 1. The number of carboxylic acid groups (broad SMARTS) is 1. The first-order chi connectivity index (χ1) is 8.09. The van der Waals surface area contributed by atoms with Crippen LogP contribution in [0.3, 0.4) is 0 Å². The predicted octanol–water partition coefficient (Wildman–Crippen LogP) is 1.85. The molecule has 1 N–H and O–H groups in total. The zero-order valence-electron chi connectivity index (χ0n) is 9.62. The Hall–Kier alpha value is -1.69. The van der Waals surface area contributed by atoms with E-state index in [0.29, 0.717) is 6.54 Å². The van der Waals surface area contributed by atoms with Gasteiger partial charge in [0.25, 0.3) is 0 Å². The van der Waals surface area contributed by atoms with Gasteiger partial charge in [0.15, 0.2) is 0 Å². The minimum atomic E-state index is -0.798. The Morgan fingerprint density at radius 2 is 2.35 bits per heavy atom. The van der Waals surface area contributed by atoms with Crippen LogP contribution in [-0.2, 0) is 4.79 Å². The highest BCUT2D eigenvalue weighted by atomic mass is 32.1. The monoisotopic (exact) mass is 251 g/mol. The lowest BCUT2D eigenvalue weighted by Crippen LogP contribution is -2.29. The number of nitrogens with zero attached hydrogens (tertiary/aromatic N) is 3. The second kappa shape index (κ2) is 4.67. The molecule has 0 aromatic carbocycles. The molecule has 17 heavy (non-hydrogen) atoms. The van der Waals surface area contributed by atoms with Crippen LogP contribution in [-0.4, -0.2) is 34.6 Å². The first-order valence-electron chi connectivity index (χ1n) is 5.21. The van der Waals surface area contributed by atoms with Crippen LogP contribution >= 0.6 is 11.3 Å². The molecular formula is C11H13N3O2S. The summed E-state index contributed by atoms with van der Waals surface area (Å²) in [5, 5.41) is 10.8. The maximum atomic E-state index is 10.8. The number of rotatable bonds is 4. The third-order valence-corrected chi connectivity index (χ3v) is 3.45. The van der Waals surface area contributed by atoms with Crippen LogP contribution in [0.2, 0.25) is 0 Å². The fourth-order valence-corrected chi connectivity index (χ4v) is 2.51. The van der Waals surface area contributed by atoms with Crippen LogP contribution in [0, 0.1) is 5.92 Å². The minimum absolute atomic E-state index is 0.426. The lowest BCUT2D eigenvalue weighted by molar-refractivity contribution is -0.140. The second-order valence-corrected chi connectivity index (χ2v) is 4.87. The summed E-state index contributed by atoms with van der Waals surface area (Å²) in [6, 6.07) is 1.93. The van der Waals surface area contributed by atoms with E-state index in [0.717, 1.165) is 16.0 Å². The average molecular weight is 251 g/mol. The van der Waals surface area contributed by atoms with Gasteiger partial charge in [-0.3, -0.25) is 4.79 Å². The van der Waals surface area contributed by atoms with Gasteiger partial charge in [-0.15, -0.1) is 11.3 Å². The van der Waals surface area contributed by atoms with Gasteiger partial charge in [-0.05, 0) is 11.4 Å². The third kappa shape index (κ3) is 2.36. The first kappa shape index (κ1) is 11.8. The van der Waals surface area contributed by atoms with Gasteiger partial charge in [0.2, 0.25) is 0 Å². The molecule has 0 aliphatic heterocycles. The summed E-state index contributed by atoms with van der Waals surface area (Å²) in [6.45, 7) is 2.12. The summed E-state index contributed by atoms with van der Waals surface area (Å²) in [7, 11) is 1.85. The Morgan fingerprint density at radius 3 is 3.06 bits per heavy atom. The second-order valence-electron chi connectivity index (χ2n) is 3.95. The average Bonchev–Trinajstić information content (AvgIpc) is 2.76. The van der Waals surface area contributed by atoms with Crippen LogP contribution in [0.15, 0.2) is 17.8 Å². The Morgan fingerprint density at radius 1 is 1.59 bits per heavy atom. The van der Waals surface area contributed by atoms with Gasteiger partial charge in [-0.2, -0.15) is 0 Å². The van der Waals surface area contributed by atoms with Gasteiger partial charge in [0, 0.05) is 13.6 Å². The van der Waals surface area contributed by atoms with Crippen molar-refractivity contribution in [3.8, 4) is 0 Å². The number of carboxylic acids is 1. The van der Waals surface area contributed by atoms with Crippen LogP contribution in [0.25, 0.3) is 10.2 Å². The molecule has 0 bridgehead atoms. The molecule has 0 saturated carbocycles. The van der Waals surface area contributed by atoms with E-state index in [1.54, 1.807) is 18.3 Å². The van der Waals surface area contributed by atoms with E-state index in [2.05, 4.69) is 9.97 Å². The predicted molar refractivity (Wildman–Crippen MR) is 67.5 cm³/mol. The zero-order valence-corrected chi connectivity index (χ0v) is 10.4. The molecule has 5 nitrogen and oxygen atoms in total. The summed E-state index contributed by atoms with van der Waals surface area (Å²) >= 11 is 1.56. The molecular weight excluding hydrogens is 238 g/mol. The van der Waals surface area contributed by atoms with Crippen LogP contribution < -0.4 is 4.90 Å². The number of thiophene rings is 1. The molecule has 0 saturated heterocycles. The molecule has 0 fully saturated rings. The maximum Gasteiger partial charge on any atom is 0.308 e. The third-order valence-electron chi connectivity index (χ3n) is 2.56. The smallest absolute Gasteiger partial charge is 0.308 e. The van der Waals surface area contributed by atoms with Gasteiger partial charge >= 0.3 is 5.97 Å². The number of anilines is 1. The van der Waals surface area contributed by atoms with Crippen molar-refractivity contribution < 1.29 is 9.90 Å². The quantitative estimate of drug-likeness (QED) is 0.898. The van der Waals surface area contributed by atoms with Crippen molar-refractivity contribution in [3.05, 3.63) is 17.8 Å². The fourth-order valence-electron chi connectivity index (χ4n) is 1.62. The molecule has 6 heteroatoms. The SMILES string of the molecule is CC(CN(C)c1ncnc2ccsc12)C(=O)O. The van der Waals surface area contributed by atoms with E-state index in [1.165, 1.54) is 6.33 Å². The Bertz CT molecular complexity index is 540. The van der Waals surface area contributed by atoms with Crippen molar-refractivity contribution in [2.45, 2.75) is 6.92 Å². The molecule has 0 aliphatic rings. The minimum Gasteiger partial charge on any atom is -0.481 e. The normalized spacial score (nSPS) is 12.6. The largest absolute Gasteiger partial charge is 0.481 e. The highest BCUT2D eigenvalue weighted by Gasteiger charge is 2.16. The van der Waals surface area contributed by atoms with E-state index >= 15 is 0 Å². The molecule has 1 atom stereocenters. The number of hydrogen-bond acceptors (Lipinski definition) is 5. The maximum absolute atomic E-state index is 10.8. The van der Waals surface area contributed by atoms with E-state index in [4.69, 9.17) is 5.11 Å². The van der Waals surface area contributed by atoms with E-state index in [-0.39, 0.29) is 0 Å². The molecule has 90 valence electrons. The number of aliphatic carboxylic acids is 1. The summed E-state index contributed by atoms with van der Waals surface area (Å²) in [6.07, 6.45) is 1.51. The summed E-state index contributed by atoms with van der Waals surface area (Å²) in [5.41, 5.74) is 0.898. The molecule has 0 amide bonds. The van der Waals surface area contributed by atoms with E-state index in [9.17, 15) is 4.79 Å². The lowest BCUT2D eigenvalue weighted by Gasteiger charge is -2.20. The van der Waals surface area contributed by atoms with Gasteiger partial charge in [0.05, 0.1) is 16.1 Å².